The first-order chi connectivity index (χ1) is 28.1. The van der Waals surface area contributed by atoms with Gasteiger partial charge in [-0.05, 0) is 88.8 Å². The third kappa shape index (κ3) is 9.78. The van der Waals surface area contributed by atoms with Crippen molar-refractivity contribution >= 4 is 35.4 Å². The number of urea groups is 1. The molecular weight excluding hydrogens is 751 g/mol. The summed E-state index contributed by atoms with van der Waals surface area (Å²) in [4.78, 5) is 69.8. The molecule has 6 rings (SSSR count). The van der Waals surface area contributed by atoms with Crippen LogP contribution in [0.25, 0.3) is 22.4 Å². The van der Waals surface area contributed by atoms with Crippen LogP contribution in [-0.2, 0) is 9.53 Å². The summed E-state index contributed by atoms with van der Waals surface area (Å²) in [5.74, 6) is 1.49. The quantitative estimate of drug-likeness (QED) is 0.134. The molecular formula is C44H57N9O6. The number of piperazine rings is 1. The number of hydrogen-bond donors (Lipinski definition) is 4. The number of pyridine rings is 1. The highest BCUT2D eigenvalue weighted by Gasteiger charge is 2.38. The fourth-order valence-corrected chi connectivity index (χ4v) is 7.69. The maximum absolute atomic E-state index is 13.6. The van der Waals surface area contributed by atoms with Crippen LogP contribution in [0.3, 0.4) is 0 Å². The van der Waals surface area contributed by atoms with Crippen LogP contribution in [0.1, 0.15) is 83.5 Å². The molecule has 15 nitrogen and oxygen atoms in total. The number of alkyl carbamates (subject to hydrolysis) is 1. The van der Waals surface area contributed by atoms with E-state index in [0.29, 0.717) is 42.5 Å². The fourth-order valence-electron chi connectivity index (χ4n) is 7.69. The lowest BCUT2D eigenvalue weighted by molar-refractivity contribution is -0.135. The number of hydrogen-bond acceptors (Lipinski definition) is 9. The summed E-state index contributed by atoms with van der Waals surface area (Å²) in [6.45, 7) is 15.6. The van der Waals surface area contributed by atoms with Gasteiger partial charge in [-0.3, -0.25) is 9.59 Å². The Morgan fingerprint density at radius 2 is 1.63 bits per heavy atom. The summed E-state index contributed by atoms with van der Waals surface area (Å²) < 4.78 is 11.2. The first-order valence-corrected chi connectivity index (χ1v) is 20.2. The van der Waals surface area contributed by atoms with Gasteiger partial charge in [-0.2, -0.15) is 0 Å². The second-order valence-corrected chi connectivity index (χ2v) is 16.6. The number of benzene rings is 2. The standard InChI is InChI=1S/C44H57N9O6/c1-26(2)38(50-43(57)58-9)41(55)51-20-10-11-35(51)39-47-23-34(49-39)30-14-12-29(13-15-30)33-18-17-32(21-36(33)59-44(5,6)7)48-40(54)31-16-19-37(46-22-31)52-24-28(4)53(25-27(52)3)42(56)45-8/h12-19,21-23,26-28,35,38H,10-11,20,24-25H2,1-9H3,(H,45,56)(H,47,49)(H,48,54)(H,50,57)/t27-,28+,35-,38-/m1/s1. The van der Waals surface area contributed by atoms with Crippen molar-refractivity contribution in [3.8, 4) is 28.1 Å². The zero-order valence-electron chi connectivity index (χ0n) is 35.5. The molecule has 0 radical (unpaired) electrons. The lowest BCUT2D eigenvalue weighted by atomic mass is 10.0. The average Bonchev–Trinajstić information content (AvgIpc) is 3.90. The van der Waals surface area contributed by atoms with Crippen LogP contribution in [0.5, 0.6) is 5.75 Å². The number of nitrogens with zero attached hydrogens (tertiary/aromatic N) is 5. The molecule has 2 aromatic heterocycles. The van der Waals surface area contributed by atoms with Crippen molar-refractivity contribution in [2.75, 3.05) is 44.0 Å². The Balaban J connectivity index is 1.15. The summed E-state index contributed by atoms with van der Waals surface area (Å²) in [5, 5.41) is 8.41. The Bertz CT molecular complexity index is 2130. The predicted molar refractivity (Wildman–Crippen MR) is 227 cm³/mol. The van der Waals surface area contributed by atoms with E-state index in [0.717, 1.165) is 41.0 Å². The van der Waals surface area contributed by atoms with E-state index >= 15 is 0 Å². The molecule has 15 heteroatoms. The second kappa shape index (κ2) is 17.8. The van der Waals surface area contributed by atoms with Crippen LogP contribution in [0, 0.1) is 5.92 Å². The smallest absolute Gasteiger partial charge is 0.407 e. The maximum atomic E-state index is 13.6. The second-order valence-electron chi connectivity index (χ2n) is 16.6. The molecule has 2 fully saturated rings. The predicted octanol–water partition coefficient (Wildman–Crippen LogP) is 6.85. The average molecular weight is 808 g/mol. The van der Waals surface area contributed by atoms with E-state index in [2.05, 4.69) is 42.7 Å². The number of rotatable bonds is 10. The Hall–Kier alpha value is -6.12. The molecule has 0 saturated carbocycles. The van der Waals surface area contributed by atoms with Crippen LogP contribution < -0.4 is 25.6 Å². The van der Waals surface area contributed by atoms with Gasteiger partial charge < -0.3 is 45.1 Å². The lowest BCUT2D eigenvalue weighted by Gasteiger charge is -2.44. The summed E-state index contributed by atoms with van der Waals surface area (Å²) in [6.07, 6.45) is 4.31. The van der Waals surface area contributed by atoms with E-state index in [1.807, 2.05) is 95.0 Å². The Morgan fingerprint density at radius 1 is 0.898 bits per heavy atom. The molecule has 4 atom stereocenters. The first-order valence-electron chi connectivity index (χ1n) is 20.2. The number of anilines is 2. The molecule has 4 aromatic rings. The Morgan fingerprint density at radius 3 is 2.27 bits per heavy atom. The van der Waals surface area contributed by atoms with E-state index < -0.39 is 17.7 Å². The summed E-state index contributed by atoms with van der Waals surface area (Å²) in [5.41, 5.74) is 4.02. The number of imidazole rings is 1. The highest BCUT2D eigenvalue weighted by molar-refractivity contribution is 6.04. The van der Waals surface area contributed by atoms with Crippen molar-refractivity contribution in [1.29, 1.82) is 0 Å². The molecule has 0 bridgehead atoms. The number of nitrogens with one attached hydrogen (secondary N) is 4. The number of methoxy groups -OCH3 is 1. The largest absolute Gasteiger partial charge is 0.487 e. The monoisotopic (exact) mass is 807 g/mol. The summed E-state index contributed by atoms with van der Waals surface area (Å²) in [7, 11) is 2.92. The molecule has 4 N–H and O–H groups in total. The number of aromatic amines is 1. The van der Waals surface area contributed by atoms with E-state index in [1.54, 1.807) is 30.4 Å². The minimum absolute atomic E-state index is 0.00231. The van der Waals surface area contributed by atoms with E-state index in [4.69, 9.17) is 9.47 Å². The molecule has 2 aliphatic heterocycles. The van der Waals surface area contributed by atoms with Gasteiger partial charge in [0.15, 0.2) is 0 Å². The molecule has 314 valence electrons. The molecule has 5 amide bonds. The fraction of sp³-hybridized carbons (Fsp3) is 0.455. The Kier molecular flexibility index (Phi) is 12.8. The van der Waals surface area contributed by atoms with Gasteiger partial charge in [0.2, 0.25) is 5.91 Å². The minimum Gasteiger partial charge on any atom is -0.487 e. The number of H-pyrrole nitrogens is 1. The zero-order valence-corrected chi connectivity index (χ0v) is 35.5. The SMILES string of the molecule is CNC(=O)N1C[C@@H](C)N(c2ccc(C(=O)Nc3ccc(-c4ccc(-c5cnc([C@H]6CCCN6C(=O)[C@H](NC(=O)OC)C(C)C)[nH]5)cc4)c(OC(C)(C)C)c3)cn2)C[C@@H]1C. The van der Waals surface area contributed by atoms with Gasteiger partial charge in [-0.25, -0.2) is 19.6 Å². The van der Waals surface area contributed by atoms with Gasteiger partial charge in [0.05, 0.1) is 30.6 Å². The van der Waals surface area contributed by atoms with Crippen LogP contribution in [0.2, 0.25) is 0 Å². The van der Waals surface area contributed by atoms with Crippen molar-refractivity contribution in [2.45, 2.75) is 91.1 Å². The van der Waals surface area contributed by atoms with Gasteiger partial charge in [0.1, 0.15) is 29.0 Å². The van der Waals surface area contributed by atoms with Crippen molar-refractivity contribution in [3.63, 3.8) is 0 Å². The lowest BCUT2D eigenvalue weighted by Crippen LogP contribution is -2.60. The summed E-state index contributed by atoms with van der Waals surface area (Å²) in [6, 6.07) is 16.3. The molecule has 0 unspecified atom stereocenters. The molecule has 2 saturated heterocycles. The highest BCUT2D eigenvalue weighted by Crippen LogP contribution is 2.37. The minimum atomic E-state index is -0.706. The summed E-state index contributed by atoms with van der Waals surface area (Å²) >= 11 is 0. The molecule has 0 spiro atoms. The van der Waals surface area contributed by atoms with E-state index in [-0.39, 0.29) is 41.9 Å². The third-order valence-corrected chi connectivity index (χ3v) is 10.8. The van der Waals surface area contributed by atoms with Crippen LogP contribution >= 0.6 is 0 Å². The normalized spacial score (nSPS) is 18.7. The van der Waals surface area contributed by atoms with Gasteiger partial charge in [-0.1, -0.05) is 38.1 Å². The number of carbonyl (C=O) groups is 4. The zero-order chi connectivity index (χ0) is 42.6. The number of amides is 5. The van der Waals surface area contributed by atoms with Crippen LogP contribution in [0.4, 0.5) is 21.1 Å². The van der Waals surface area contributed by atoms with E-state index in [9.17, 15) is 19.2 Å². The highest BCUT2D eigenvalue weighted by atomic mass is 16.5. The molecule has 59 heavy (non-hydrogen) atoms. The van der Waals surface area contributed by atoms with Crippen molar-refractivity contribution in [3.05, 3.63) is 78.4 Å². The number of ether oxygens (including phenoxy) is 2. The van der Waals surface area contributed by atoms with Gasteiger partial charge in [0, 0.05) is 62.3 Å². The number of aromatic nitrogens is 3. The molecule has 4 heterocycles. The maximum Gasteiger partial charge on any atom is 0.407 e. The van der Waals surface area contributed by atoms with Crippen LogP contribution in [0.15, 0.2) is 67.0 Å². The topological polar surface area (TPSA) is 174 Å². The Labute approximate surface area is 346 Å². The first kappa shape index (κ1) is 42.5. The van der Waals surface area contributed by atoms with Crippen LogP contribution in [-0.4, -0.2) is 106 Å². The van der Waals surface area contributed by atoms with Crippen molar-refractivity contribution in [2.24, 2.45) is 5.92 Å². The number of likely N-dealkylation sites (tertiary alicyclic amines) is 1. The molecule has 0 aliphatic carbocycles. The third-order valence-electron chi connectivity index (χ3n) is 10.8. The number of carbonyl (C=O) groups excluding carboxylic acids is 4. The van der Waals surface area contributed by atoms with E-state index in [1.165, 1.54) is 7.11 Å². The molecule has 2 aliphatic rings. The van der Waals surface area contributed by atoms with Gasteiger partial charge in [0.25, 0.3) is 5.91 Å². The van der Waals surface area contributed by atoms with Crippen molar-refractivity contribution in [1.82, 2.24) is 35.4 Å². The van der Waals surface area contributed by atoms with Gasteiger partial charge >= 0.3 is 12.1 Å². The van der Waals surface area contributed by atoms with Gasteiger partial charge in [-0.15, -0.1) is 0 Å². The van der Waals surface area contributed by atoms with Crippen molar-refractivity contribution < 1.29 is 28.7 Å². The molecule has 2 aromatic carbocycles.